The van der Waals surface area contributed by atoms with Gasteiger partial charge in [0.15, 0.2) is 0 Å². The summed E-state index contributed by atoms with van der Waals surface area (Å²) in [6, 6.07) is 1.58. The van der Waals surface area contributed by atoms with Crippen LogP contribution in [0.3, 0.4) is 0 Å². The van der Waals surface area contributed by atoms with Crippen LogP contribution < -0.4 is 11.1 Å². The third-order valence-electron chi connectivity index (χ3n) is 2.93. The molecule has 1 aromatic rings. The maximum atomic E-state index is 13.0. The normalized spacial score (nSPS) is 13.7. The van der Waals surface area contributed by atoms with E-state index in [0.717, 1.165) is 12.1 Å². The van der Waals surface area contributed by atoms with Crippen LogP contribution in [0.15, 0.2) is 18.2 Å². The Morgan fingerprint density at radius 3 is 2.21 bits per heavy atom. The minimum absolute atomic E-state index is 0.167. The fourth-order valence-corrected chi connectivity index (χ4v) is 1.64. The molecule has 0 fully saturated rings. The van der Waals surface area contributed by atoms with E-state index in [9.17, 15) is 18.4 Å². The average Bonchev–Trinajstić information content (AvgIpc) is 2.33. The largest absolute Gasteiger partial charge is 0.368 e. The van der Waals surface area contributed by atoms with Gasteiger partial charge in [-0.3, -0.25) is 9.59 Å². The molecule has 1 rings (SSSR count). The summed E-state index contributed by atoms with van der Waals surface area (Å²) in [6.45, 7) is 3.59. The molecule has 0 heterocycles. The van der Waals surface area contributed by atoms with Crippen LogP contribution in [-0.2, 0) is 4.79 Å². The van der Waals surface area contributed by atoms with Crippen molar-refractivity contribution in [3.63, 3.8) is 0 Å². The van der Waals surface area contributed by atoms with Gasteiger partial charge in [0.05, 0.1) is 0 Å². The highest BCUT2D eigenvalue weighted by Gasteiger charge is 2.24. The lowest BCUT2D eigenvalue weighted by molar-refractivity contribution is -0.120. The van der Waals surface area contributed by atoms with Crippen molar-refractivity contribution in [2.45, 2.75) is 26.3 Å². The Labute approximate surface area is 110 Å². The number of nitrogens with one attached hydrogen (secondary N) is 1. The molecule has 0 bridgehead atoms. The molecular weight excluding hydrogens is 254 g/mol. The maximum Gasteiger partial charge on any atom is 0.252 e. The van der Waals surface area contributed by atoms with Gasteiger partial charge in [-0.15, -0.1) is 0 Å². The predicted molar refractivity (Wildman–Crippen MR) is 66.3 cm³/mol. The van der Waals surface area contributed by atoms with Crippen LogP contribution in [-0.4, -0.2) is 17.9 Å². The first-order chi connectivity index (χ1) is 8.85. The van der Waals surface area contributed by atoms with Crippen molar-refractivity contribution in [1.29, 1.82) is 0 Å². The number of primary amides is 1. The van der Waals surface area contributed by atoms with Crippen LogP contribution >= 0.6 is 0 Å². The fourth-order valence-electron chi connectivity index (χ4n) is 1.64. The van der Waals surface area contributed by atoms with Crippen molar-refractivity contribution in [1.82, 2.24) is 5.32 Å². The van der Waals surface area contributed by atoms with Gasteiger partial charge in [-0.2, -0.15) is 0 Å². The molecule has 1 aromatic carbocycles. The summed E-state index contributed by atoms with van der Waals surface area (Å²) in [5.74, 6) is -3.30. The van der Waals surface area contributed by atoms with Crippen molar-refractivity contribution in [2.24, 2.45) is 11.7 Å². The van der Waals surface area contributed by atoms with Crippen LogP contribution in [0.25, 0.3) is 0 Å². The van der Waals surface area contributed by atoms with E-state index in [1.54, 1.807) is 6.92 Å². The maximum absolute atomic E-state index is 13.0. The summed E-state index contributed by atoms with van der Waals surface area (Å²) in [5.41, 5.74) is 5.01. The Morgan fingerprint density at radius 2 is 1.79 bits per heavy atom. The first kappa shape index (κ1) is 15.1. The summed E-state index contributed by atoms with van der Waals surface area (Å²) in [5, 5.41) is 2.39. The molecule has 2 amide bonds. The number of hydrogen-bond acceptors (Lipinski definition) is 2. The van der Waals surface area contributed by atoms with Crippen molar-refractivity contribution in [3.8, 4) is 0 Å². The molecule has 104 valence electrons. The van der Waals surface area contributed by atoms with Gasteiger partial charge < -0.3 is 11.1 Å². The molecule has 6 heteroatoms. The summed E-state index contributed by atoms with van der Waals surface area (Å²) in [4.78, 5) is 23.1. The number of halogens is 2. The molecule has 19 heavy (non-hydrogen) atoms. The Hall–Kier alpha value is -1.98. The van der Waals surface area contributed by atoms with E-state index in [1.807, 2.05) is 6.92 Å². The number of hydrogen-bond donors (Lipinski definition) is 2. The number of carbonyl (C=O) groups excluding carboxylic acids is 2. The monoisotopic (exact) mass is 270 g/mol. The molecule has 0 aromatic heterocycles. The van der Waals surface area contributed by atoms with Crippen LogP contribution in [0.1, 0.15) is 30.6 Å². The Kier molecular flexibility index (Phi) is 4.97. The van der Waals surface area contributed by atoms with E-state index in [4.69, 9.17) is 5.73 Å². The van der Waals surface area contributed by atoms with Crippen LogP contribution in [0.5, 0.6) is 0 Å². The smallest absolute Gasteiger partial charge is 0.252 e. The van der Waals surface area contributed by atoms with Crippen LogP contribution in [0.2, 0.25) is 0 Å². The summed E-state index contributed by atoms with van der Waals surface area (Å²) in [7, 11) is 0. The van der Waals surface area contributed by atoms with Crippen molar-refractivity contribution in [2.75, 3.05) is 0 Å². The molecule has 3 N–H and O–H groups in total. The fraction of sp³-hybridized carbons (Fsp3) is 0.385. The number of benzene rings is 1. The quantitative estimate of drug-likeness (QED) is 0.853. The molecule has 0 saturated carbocycles. The van der Waals surface area contributed by atoms with Gasteiger partial charge in [-0.25, -0.2) is 8.78 Å². The van der Waals surface area contributed by atoms with Gasteiger partial charge in [0.25, 0.3) is 5.91 Å². The van der Waals surface area contributed by atoms with E-state index in [1.165, 1.54) is 0 Å². The molecule has 0 aliphatic heterocycles. The van der Waals surface area contributed by atoms with Gasteiger partial charge in [0.1, 0.15) is 17.7 Å². The third kappa shape index (κ3) is 4.01. The highest BCUT2D eigenvalue weighted by Crippen LogP contribution is 2.11. The lowest BCUT2D eigenvalue weighted by Gasteiger charge is -2.21. The number of rotatable bonds is 5. The topological polar surface area (TPSA) is 72.2 Å². The van der Waals surface area contributed by atoms with Gasteiger partial charge in [-0.1, -0.05) is 20.3 Å². The second kappa shape index (κ2) is 6.26. The lowest BCUT2D eigenvalue weighted by atomic mass is 9.98. The Bertz CT molecular complexity index is 471. The molecule has 2 atom stereocenters. The first-order valence-corrected chi connectivity index (χ1v) is 5.91. The Balaban J connectivity index is 2.90. The number of carbonyl (C=O) groups is 2. The molecule has 0 aliphatic carbocycles. The zero-order valence-electron chi connectivity index (χ0n) is 10.7. The zero-order valence-corrected chi connectivity index (χ0v) is 10.7. The van der Waals surface area contributed by atoms with Crippen LogP contribution in [0.4, 0.5) is 8.78 Å². The first-order valence-electron chi connectivity index (χ1n) is 5.91. The van der Waals surface area contributed by atoms with E-state index < -0.39 is 29.5 Å². The van der Waals surface area contributed by atoms with Crippen LogP contribution in [0, 0.1) is 17.6 Å². The van der Waals surface area contributed by atoms with Gasteiger partial charge in [0.2, 0.25) is 5.91 Å². The summed E-state index contributed by atoms with van der Waals surface area (Å²) < 4.78 is 26.0. The molecule has 0 spiro atoms. The van der Waals surface area contributed by atoms with E-state index in [0.29, 0.717) is 12.5 Å². The zero-order chi connectivity index (χ0) is 14.6. The van der Waals surface area contributed by atoms with E-state index >= 15 is 0 Å². The highest BCUT2D eigenvalue weighted by atomic mass is 19.1. The lowest BCUT2D eigenvalue weighted by Crippen LogP contribution is -2.48. The van der Waals surface area contributed by atoms with Crippen molar-refractivity contribution >= 4 is 11.8 Å². The SMILES string of the molecule is CC[C@H](C)[C@@H](NC(=O)c1cc(F)cc(F)c1)C(N)=O. The summed E-state index contributed by atoms with van der Waals surface area (Å²) >= 11 is 0. The van der Waals surface area contributed by atoms with Gasteiger partial charge >= 0.3 is 0 Å². The Morgan fingerprint density at radius 1 is 1.26 bits per heavy atom. The number of nitrogens with two attached hydrogens (primary N) is 1. The second-order valence-corrected chi connectivity index (χ2v) is 4.40. The third-order valence-corrected chi connectivity index (χ3v) is 2.93. The molecule has 0 radical (unpaired) electrons. The number of amides is 2. The molecule has 0 saturated heterocycles. The minimum atomic E-state index is -0.871. The molecule has 4 nitrogen and oxygen atoms in total. The predicted octanol–water partition coefficient (Wildman–Crippen LogP) is 1.59. The van der Waals surface area contributed by atoms with Gasteiger partial charge in [-0.05, 0) is 18.1 Å². The summed E-state index contributed by atoms with van der Waals surface area (Å²) in [6.07, 6.45) is 0.630. The van der Waals surface area contributed by atoms with Crippen molar-refractivity contribution in [3.05, 3.63) is 35.4 Å². The minimum Gasteiger partial charge on any atom is -0.368 e. The van der Waals surface area contributed by atoms with Gasteiger partial charge in [0, 0.05) is 11.6 Å². The van der Waals surface area contributed by atoms with E-state index in [2.05, 4.69) is 5.32 Å². The molecule has 0 unspecified atom stereocenters. The average molecular weight is 270 g/mol. The van der Waals surface area contributed by atoms with E-state index in [-0.39, 0.29) is 11.5 Å². The standard InChI is InChI=1S/C13H16F2N2O2/c1-3-7(2)11(12(16)18)17-13(19)8-4-9(14)6-10(15)5-8/h4-7,11H,3H2,1-2H3,(H2,16,18)(H,17,19)/t7-,11+/m0/s1. The molecular formula is C13H16F2N2O2. The second-order valence-electron chi connectivity index (χ2n) is 4.40. The van der Waals surface area contributed by atoms with Crippen molar-refractivity contribution < 1.29 is 18.4 Å². The molecule has 0 aliphatic rings. The highest BCUT2D eigenvalue weighted by molar-refractivity contribution is 5.97.